The number of hydrogen-bond donors (Lipinski definition) is 1. The van der Waals surface area contributed by atoms with Gasteiger partial charge >= 0.3 is 6.18 Å². The third-order valence-corrected chi connectivity index (χ3v) is 3.75. The summed E-state index contributed by atoms with van der Waals surface area (Å²) < 4.78 is 51.2. The lowest BCUT2D eigenvalue weighted by Gasteiger charge is -2.35. The number of likely N-dealkylation sites (tertiary alicyclic amines) is 1. The van der Waals surface area contributed by atoms with E-state index in [1.165, 1.54) is 6.07 Å². The molecular weight excluding hydrogens is 272 g/mol. The van der Waals surface area contributed by atoms with Gasteiger partial charge in [0.2, 0.25) is 0 Å². The molecule has 0 bridgehead atoms. The minimum Gasteiger partial charge on any atom is -0.380 e. The summed E-state index contributed by atoms with van der Waals surface area (Å²) in [6.07, 6.45) is -3.67. The van der Waals surface area contributed by atoms with Crippen LogP contribution in [0.15, 0.2) is 18.2 Å². The van der Waals surface area contributed by atoms with Crippen molar-refractivity contribution < 1.29 is 17.6 Å². The van der Waals surface area contributed by atoms with Gasteiger partial charge in [-0.3, -0.25) is 0 Å². The normalized spacial score (nSPS) is 24.7. The molecule has 2 rings (SSSR count). The average molecular weight is 290 g/mol. The van der Waals surface area contributed by atoms with Gasteiger partial charge in [-0.25, -0.2) is 4.39 Å². The van der Waals surface area contributed by atoms with Crippen LogP contribution >= 0.6 is 0 Å². The van der Waals surface area contributed by atoms with Crippen molar-refractivity contribution in [3.05, 3.63) is 29.6 Å². The lowest BCUT2D eigenvalue weighted by molar-refractivity contribution is -0.137. The maximum Gasteiger partial charge on any atom is 0.416 e. The summed E-state index contributed by atoms with van der Waals surface area (Å²) in [4.78, 5) is 2.19. The summed E-state index contributed by atoms with van der Waals surface area (Å²) >= 11 is 0. The summed E-state index contributed by atoms with van der Waals surface area (Å²) in [5, 5.41) is 3.03. The molecule has 0 amide bonds. The van der Waals surface area contributed by atoms with Crippen LogP contribution in [0.5, 0.6) is 0 Å². The molecule has 20 heavy (non-hydrogen) atoms. The predicted octanol–water partition coefficient (Wildman–Crippen LogP) is 3.60. The minimum absolute atomic E-state index is 0.0810. The fourth-order valence-electron chi connectivity index (χ4n) is 2.58. The molecule has 2 unspecified atom stereocenters. The van der Waals surface area contributed by atoms with Crippen molar-refractivity contribution in [2.45, 2.75) is 25.6 Å². The van der Waals surface area contributed by atoms with Gasteiger partial charge in [0.25, 0.3) is 0 Å². The highest BCUT2D eigenvalue weighted by Gasteiger charge is 2.31. The van der Waals surface area contributed by atoms with Gasteiger partial charge < -0.3 is 10.2 Å². The molecule has 1 N–H and O–H groups in total. The fourth-order valence-corrected chi connectivity index (χ4v) is 2.58. The van der Waals surface area contributed by atoms with Gasteiger partial charge in [0, 0.05) is 12.6 Å². The molecule has 1 aliphatic rings. The molecule has 1 aromatic carbocycles. The summed E-state index contributed by atoms with van der Waals surface area (Å²) in [6, 6.07) is 2.70. The Hall–Kier alpha value is -1.30. The highest BCUT2D eigenvalue weighted by atomic mass is 19.4. The van der Waals surface area contributed by atoms with Gasteiger partial charge in [0.1, 0.15) is 5.82 Å². The van der Waals surface area contributed by atoms with Crippen molar-refractivity contribution in [3.8, 4) is 0 Å². The van der Waals surface area contributed by atoms with Crippen LogP contribution in [-0.4, -0.2) is 31.1 Å². The molecule has 0 radical (unpaired) electrons. The van der Waals surface area contributed by atoms with Crippen LogP contribution in [0, 0.1) is 11.7 Å². The molecule has 1 saturated heterocycles. The van der Waals surface area contributed by atoms with E-state index >= 15 is 0 Å². The molecule has 6 heteroatoms. The number of alkyl halides is 3. The standard InChI is InChI=1S/C14H18F4N2/c1-9-8-20(2)6-5-12(9)19-13-4-3-10(7-11(13)15)14(16,17)18/h3-4,7,9,12,19H,5-6,8H2,1-2H3. The first-order valence-electron chi connectivity index (χ1n) is 6.59. The van der Waals surface area contributed by atoms with Gasteiger partial charge in [-0.05, 0) is 44.1 Å². The van der Waals surface area contributed by atoms with E-state index < -0.39 is 17.6 Å². The Labute approximate surface area is 115 Å². The molecule has 1 fully saturated rings. The van der Waals surface area contributed by atoms with E-state index in [4.69, 9.17) is 0 Å². The first-order valence-corrected chi connectivity index (χ1v) is 6.59. The number of halogens is 4. The van der Waals surface area contributed by atoms with Crippen LogP contribution in [-0.2, 0) is 6.18 Å². The van der Waals surface area contributed by atoms with E-state index in [9.17, 15) is 17.6 Å². The van der Waals surface area contributed by atoms with Crippen molar-refractivity contribution in [1.82, 2.24) is 4.90 Å². The van der Waals surface area contributed by atoms with Crippen molar-refractivity contribution in [1.29, 1.82) is 0 Å². The van der Waals surface area contributed by atoms with Crippen molar-refractivity contribution in [2.75, 3.05) is 25.5 Å². The van der Waals surface area contributed by atoms with Crippen LogP contribution in [0.1, 0.15) is 18.9 Å². The van der Waals surface area contributed by atoms with Gasteiger partial charge in [-0.2, -0.15) is 13.2 Å². The number of hydrogen-bond acceptors (Lipinski definition) is 2. The smallest absolute Gasteiger partial charge is 0.380 e. The molecular formula is C14H18F4N2. The minimum atomic E-state index is -4.51. The van der Waals surface area contributed by atoms with Crippen molar-refractivity contribution >= 4 is 5.69 Å². The molecule has 1 heterocycles. The monoisotopic (exact) mass is 290 g/mol. The van der Waals surface area contributed by atoms with E-state index in [2.05, 4.69) is 17.1 Å². The Morgan fingerprint density at radius 2 is 2.00 bits per heavy atom. The molecule has 112 valence electrons. The Balaban J connectivity index is 2.10. The second-order valence-corrected chi connectivity index (χ2v) is 5.47. The van der Waals surface area contributed by atoms with E-state index in [0.717, 1.165) is 25.6 Å². The molecule has 0 saturated carbocycles. The third-order valence-electron chi connectivity index (χ3n) is 3.75. The lowest BCUT2D eigenvalue weighted by atomic mass is 9.94. The van der Waals surface area contributed by atoms with Crippen LogP contribution in [0.25, 0.3) is 0 Å². The summed E-state index contributed by atoms with van der Waals surface area (Å²) in [6.45, 7) is 3.83. The third kappa shape index (κ3) is 3.42. The molecule has 2 nitrogen and oxygen atoms in total. The zero-order chi connectivity index (χ0) is 14.9. The summed E-state index contributed by atoms with van der Waals surface area (Å²) in [5.74, 6) is -0.540. The Morgan fingerprint density at radius 3 is 2.55 bits per heavy atom. The Bertz CT molecular complexity index is 473. The zero-order valence-corrected chi connectivity index (χ0v) is 11.5. The average Bonchev–Trinajstić information content (AvgIpc) is 2.33. The topological polar surface area (TPSA) is 15.3 Å². The van der Waals surface area contributed by atoms with Crippen molar-refractivity contribution in [3.63, 3.8) is 0 Å². The lowest BCUT2D eigenvalue weighted by Crippen LogP contribution is -2.43. The van der Waals surface area contributed by atoms with Gasteiger partial charge in [-0.1, -0.05) is 6.92 Å². The van der Waals surface area contributed by atoms with Crippen LogP contribution in [0.2, 0.25) is 0 Å². The molecule has 0 aromatic heterocycles. The SMILES string of the molecule is CC1CN(C)CCC1Nc1ccc(C(F)(F)F)cc1F. The molecule has 1 aromatic rings. The van der Waals surface area contributed by atoms with E-state index in [0.29, 0.717) is 12.0 Å². The predicted molar refractivity (Wildman–Crippen MR) is 70.1 cm³/mol. The number of nitrogens with one attached hydrogen (secondary N) is 1. The molecule has 2 atom stereocenters. The van der Waals surface area contributed by atoms with Crippen LogP contribution < -0.4 is 5.32 Å². The second-order valence-electron chi connectivity index (χ2n) is 5.47. The number of benzene rings is 1. The largest absolute Gasteiger partial charge is 0.416 e. The first-order chi connectivity index (χ1) is 9.27. The summed E-state index contributed by atoms with van der Waals surface area (Å²) in [7, 11) is 2.02. The van der Waals surface area contributed by atoms with Crippen LogP contribution in [0.3, 0.4) is 0 Å². The molecule has 0 spiro atoms. The van der Waals surface area contributed by atoms with Gasteiger partial charge in [0.15, 0.2) is 0 Å². The quantitative estimate of drug-likeness (QED) is 0.837. The maximum atomic E-state index is 13.8. The van der Waals surface area contributed by atoms with E-state index in [1.807, 2.05) is 7.05 Å². The van der Waals surface area contributed by atoms with Crippen molar-refractivity contribution in [2.24, 2.45) is 5.92 Å². The number of piperidine rings is 1. The Kier molecular flexibility index (Phi) is 4.22. The van der Waals surface area contributed by atoms with Crippen LogP contribution in [0.4, 0.5) is 23.2 Å². The second kappa shape index (κ2) is 5.60. The maximum absolute atomic E-state index is 13.8. The van der Waals surface area contributed by atoms with Gasteiger partial charge in [-0.15, -0.1) is 0 Å². The van der Waals surface area contributed by atoms with Gasteiger partial charge in [0.05, 0.1) is 11.3 Å². The fraction of sp³-hybridized carbons (Fsp3) is 0.571. The molecule has 1 aliphatic heterocycles. The number of rotatable bonds is 2. The summed E-state index contributed by atoms with van der Waals surface area (Å²) in [5.41, 5.74) is -0.823. The zero-order valence-electron chi connectivity index (χ0n) is 11.5. The number of nitrogens with zero attached hydrogens (tertiary/aromatic N) is 1. The first kappa shape index (κ1) is 15.1. The highest BCUT2D eigenvalue weighted by molar-refractivity contribution is 5.47. The van der Waals surface area contributed by atoms with E-state index in [1.54, 1.807) is 0 Å². The Morgan fingerprint density at radius 1 is 1.30 bits per heavy atom. The highest BCUT2D eigenvalue weighted by Crippen LogP contribution is 2.32. The number of anilines is 1. The van der Waals surface area contributed by atoms with E-state index in [-0.39, 0.29) is 11.7 Å². The molecule has 0 aliphatic carbocycles.